The van der Waals surface area contributed by atoms with Crippen LogP contribution < -0.4 is 10.5 Å². The van der Waals surface area contributed by atoms with Gasteiger partial charge in [0.1, 0.15) is 5.75 Å². The molecule has 2 aromatic rings. The molecule has 0 aliphatic heterocycles. The quantitative estimate of drug-likeness (QED) is 0.289. The first-order chi connectivity index (χ1) is 11.5. The summed E-state index contributed by atoms with van der Waals surface area (Å²) in [5.74, 6) is 0.264. The van der Waals surface area contributed by atoms with E-state index in [1.54, 1.807) is 13.0 Å². The molecule has 124 valence electrons. The summed E-state index contributed by atoms with van der Waals surface area (Å²) in [7, 11) is 0. The number of aromatic nitrogens is 1. The second-order valence-electron chi connectivity index (χ2n) is 4.98. The Morgan fingerprint density at radius 1 is 1.50 bits per heavy atom. The Balaban J connectivity index is 2.67. The van der Waals surface area contributed by atoms with E-state index in [4.69, 9.17) is 10.5 Å². The Kier molecular flexibility index (Phi) is 5.39. The van der Waals surface area contributed by atoms with Crippen molar-refractivity contribution in [3.05, 3.63) is 69.9 Å². The molecule has 0 amide bonds. The minimum atomic E-state index is -0.589. The van der Waals surface area contributed by atoms with Crippen LogP contribution in [0.15, 0.2) is 53.5 Å². The number of aryl methyl sites for hydroxylation is 1. The van der Waals surface area contributed by atoms with Gasteiger partial charge in [0.25, 0.3) is 5.88 Å². The number of aliphatic imine (C=N–C) groups is 1. The Hall–Kier alpha value is -3.06. The number of nitro groups is 1. The molecule has 2 N–H and O–H groups in total. The number of nitrogens with two attached hydrogens (primary N) is 1. The van der Waals surface area contributed by atoms with E-state index in [9.17, 15) is 10.1 Å². The number of fused-ring (bicyclic) bond motifs is 1. The smallest absolute Gasteiger partial charge is 0.330 e. The van der Waals surface area contributed by atoms with Gasteiger partial charge >= 0.3 is 5.70 Å². The van der Waals surface area contributed by atoms with Crippen molar-refractivity contribution in [1.82, 2.24) is 4.98 Å². The van der Waals surface area contributed by atoms with E-state index in [2.05, 4.69) is 16.6 Å². The van der Waals surface area contributed by atoms with E-state index in [1.807, 2.05) is 25.1 Å². The number of rotatable bonds is 6. The minimum absolute atomic E-state index is 0.144. The van der Waals surface area contributed by atoms with Gasteiger partial charge in [0.15, 0.2) is 0 Å². The summed E-state index contributed by atoms with van der Waals surface area (Å²) >= 11 is 0. The lowest BCUT2D eigenvalue weighted by molar-refractivity contribution is -0.421. The molecule has 7 nitrogen and oxygen atoms in total. The van der Waals surface area contributed by atoms with Crippen molar-refractivity contribution >= 4 is 17.1 Å². The first-order valence-electron chi connectivity index (χ1n) is 7.28. The SMILES string of the molecule is C=C/C(=C(\N=C/C)Oc1cc(CN)nc2ccc(C)cc12)[N+](=O)[O-]. The van der Waals surface area contributed by atoms with E-state index in [0.29, 0.717) is 17.0 Å². The third-order valence-corrected chi connectivity index (χ3v) is 3.25. The maximum absolute atomic E-state index is 11.2. The number of pyridine rings is 1. The van der Waals surface area contributed by atoms with Crippen LogP contribution >= 0.6 is 0 Å². The zero-order chi connectivity index (χ0) is 17.7. The standard InChI is InChI=1S/C17H18N4O3/c1-4-15(21(22)23)17(19-5-2)24-16-9-12(10-18)20-14-7-6-11(3)8-13(14)16/h4-9H,1,10,18H2,2-3H3/b17-15-,19-5-. The Morgan fingerprint density at radius 2 is 2.25 bits per heavy atom. The fourth-order valence-corrected chi connectivity index (χ4v) is 2.16. The summed E-state index contributed by atoms with van der Waals surface area (Å²) in [6.07, 6.45) is 2.52. The molecule has 0 aliphatic rings. The Bertz CT molecular complexity index is 856. The molecule has 1 aromatic carbocycles. The van der Waals surface area contributed by atoms with Gasteiger partial charge < -0.3 is 10.5 Å². The van der Waals surface area contributed by atoms with Crippen molar-refractivity contribution in [3.8, 4) is 5.75 Å². The van der Waals surface area contributed by atoms with Crippen LogP contribution in [-0.4, -0.2) is 16.1 Å². The number of benzene rings is 1. The van der Waals surface area contributed by atoms with E-state index in [0.717, 1.165) is 17.0 Å². The highest BCUT2D eigenvalue weighted by molar-refractivity contribution is 5.86. The minimum Gasteiger partial charge on any atom is -0.433 e. The van der Waals surface area contributed by atoms with Crippen molar-refractivity contribution in [2.45, 2.75) is 20.4 Å². The molecule has 0 fully saturated rings. The number of allylic oxidation sites excluding steroid dienone is 1. The van der Waals surface area contributed by atoms with Crippen LogP contribution in [0, 0.1) is 17.0 Å². The van der Waals surface area contributed by atoms with E-state index < -0.39 is 4.92 Å². The largest absolute Gasteiger partial charge is 0.433 e. The molecular formula is C17H18N4O3. The number of nitrogens with zero attached hydrogens (tertiary/aromatic N) is 3. The maximum Gasteiger partial charge on any atom is 0.330 e. The van der Waals surface area contributed by atoms with Gasteiger partial charge in [0.05, 0.1) is 16.1 Å². The monoisotopic (exact) mass is 326 g/mol. The van der Waals surface area contributed by atoms with E-state index in [1.165, 1.54) is 6.21 Å². The first-order valence-corrected chi connectivity index (χ1v) is 7.28. The van der Waals surface area contributed by atoms with Crippen LogP contribution in [0.1, 0.15) is 18.2 Å². The third kappa shape index (κ3) is 3.64. The second kappa shape index (κ2) is 7.47. The lowest BCUT2D eigenvalue weighted by Crippen LogP contribution is -2.07. The Morgan fingerprint density at radius 3 is 2.83 bits per heavy atom. The van der Waals surface area contributed by atoms with Crippen molar-refractivity contribution in [2.24, 2.45) is 10.7 Å². The predicted molar refractivity (Wildman–Crippen MR) is 93.4 cm³/mol. The summed E-state index contributed by atoms with van der Waals surface area (Å²) in [6, 6.07) is 7.33. The molecule has 2 rings (SSSR count). The summed E-state index contributed by atoms with van der Waals surface area (Å²) < 4.78 is 5.75. The van der Waals surface area contributed by atoms with Crippen molar-refractivity contribution in [1.29, 1.82) is 0 Å². The number of hydrogen-bond acceptors (Lipinski definition) is 6. The maximum atomic E-state index is 11.2. The van der Waals surface area contributed by atoms with Gasteiger partial charge in [0, 0.05) is 30.3 Å². The van der Waals surface area contributed by atoms with Crippen LogP contribution in [0.4, 0.5) is 0 Å². The average molecular weight is 326 g/mol. The van der Waals surface area contributed by atoms with E-state index >= 15 is 0 Å². The topological polar surface area (TPSA) is 104 Å². The molecule has 0 radical (unpaired) electrons. The van der Waals surface area contributed by atoms with Crippen molar-refractivity contribution in [3.63, 3.8) is 0 Å². The van der Waals surface area contributed by atoms with Crippen LogP contribution in [0.25, 0.3) is 10.9 Å². The predicted octanol–water partition coefficient (Wildman–Crippen LogP) is 3.10. The molecule has 1 aromatic heterocycles. The molecular weight excluding hydrogens is 308 g/mol. The molecule has 0 saturated carbocycles. The lowest BCUT2D eigenvalue weighted by Gasteiger charge is -2.11. The fourth-order valence-electron chi connectivity index (χ4n) is 2.16. The molecule has 24 heavy (non-hydrogen) atoms. The summed E-state index contributed by atoms with van der Waals surface area (Å²) in [5.41, 5.74) is 7.68. The van der Waals surface area contributed by atoms with Gasteiger partial charge in [-0.15, -0.1) is 0 Å². The van der Waals surface area contributed by atoms with Crippen molar-refractivity contribution < 1.29 is 9.66 Å². The van der Waals surface area contributed by atoms with Crippen molar-refractivity contribution in [2.75, 3.05) is 0 Å². The zero-order valence-corrected chi connectivity index (χ0v) is 13.5. The van der Waals surface area contributed by atoms with E-state index in [-0.39, 0.29) is 18.1 Å². The van der Waals surface area contributed by atoms with Crippen LogP contribution in [0.3, 0.4) is 0 Å². The lowest BCUT2D eigenvalue weighted by atomic mass is 10.1. The molecule has 0 bridgehead atoms. The highest BCUT2D eigenvalue weighted by Crippen LogP contribution is 2.29. The average Bonchev–Trinajstić information content (AvgIpc) is 2.55. The third-order valence-electron chi connectivity index (χ3n) is 3.25. The Labute approximate surface area is 139 Å². The highest BCUT2D eigenvalue weighted by atomic mass is 16.6. The van der Waals surface area contributed by atoms with Crippen LogP contribution in [0.5, 0.6) is 5.75 Å². The molecule has 0 saturated heterocycles. The van der Waals surface area contributed by atoms with Gasteiger partial charge in [-0.25, -0.2) is 4.99 Å². The molecule has 0 atom stereocenters. The van der Waals surface area contributed by atoms with Crippen LogP contribution in [0.2, 0.25) is 0 Å². The van der Waals surface area contributed by atoms with Gasteiger partial charge in [-0.3, -0.25) is 15.1 Å². The highest BCUT2D eigenvalue weighted by Gasteiger charge is 2.18. The molecule has 1 heterocycles. The second-order valence-corrected chi connectivity index (χ2v) is 4.98. The molecule has 0 aliphatic carbocycles. The summed E-state index contributed by atoms with van der Waals surface area (Å²) in [5, 5.41) is 11.9. The fraction of sp³-hybridized carbons (Fsp3) is 0.176. The number of hydrogen-bond donors (Lipinski definition) is 1. The van der Waals surface area contributed by atoms with Gasteiger partial charge in [-0.2, -0.15) is 0 Å². The number of ether oxygens (including phenoxy) is 1. The van der Waals surface area contributed by atoms with Crippen LogP contribution in [-0.2, 0) is 6.54 Å². The van der Waals surface area contributed by atoms with Gasteiger partial charge in [0.2, 0.25) is 0 Å². The zero-order valence-electron chi connectivity index (χ0n) is 13.5. The van der Waals surface area contributed by atoms with Gasteiger partial charge in [-0.05, 0) is 26.0 Å². The molecule has 7 heteroatoms. The molecule has 0 spiro atoms. The summed E-state index contributed by atoms with van der Waals surface area (Å²) in [4.78, 5) is 19.0. The summed E-state index contributed by atoms with van der Waals surface area (Å²) in [6.45, 7) is 7.25. The normalized spacial score (nSPS) is 12.3. The first kappa shape index (κ1) is 17.3. The van der Waals surface area contributed by atoms with Gasteiger partial charge in [-0.1, -0.05) is 18.2 Å². The molecule has 0 unspecified atom stereocenters.